The Balaban J connectivity index is 1.69. The first-order valence-electron chi connectivity index (χ1n) is 9.50. The summed E-state index contributed by atoms with van der Waals surface area (Å²) in [5.41, 5.74) is 2.68. The number of carbonyl (C=O) groups is 1. The highest BCUT2D eigenvalue weighted by Gasteiger charge is 2.42. The van der Waals surface area contributed by atoms with Gasteiger partial charge in [-0.3, -0.25) is 4.79 Å². The molecule has 3 atom stereocenters. The van der Waals surface area contributed by atoms with Gasteiger partial charge in [0.1, 0.15) is 31.6 Å². The fourth-order valence-electron chi connectivity index (χ4n) is 3.82. The van der Waals surface area contributed by atoms with Crippen LogP contribution in [0.25, 0.3) is 0 Å². The number of aliphatic carboxylic acids is 1. The lowest BCUT2D eigenvalue weighted by Gasteiger charge is -2.27. The van der Waals surface area contributed by atoms with E-state index < -0.39 is 11.9 Å². The Kier molecular flexibility index (Phi) is 5.41. The fraction of sp³-hybridized carbons (Fsp3) is 0.500. The summed E-state index contributed by atoms with van der Waals surface area (Å²) in [5, 5.41) is 9.02. The minimum absolute atomic E-state index is 0.180. The molecule has 2 aliphatic rings. The quantitative estimate of drug-likeness (QED) is 0.771. The summed E-state index contributed by atoms with van der Waals surface area (Å²) >= 11 is 0. The van der Waals surface area contributed by atoms with Gasteiger partial charge in [0.05, 0.1) is 5.92 Å². The Bertz CT molecular complexity index is 776. The molecule has 0 aromatic heterocycles. The summed E-state index contributed by atoms with van der Waals surface area (Å²) in [6, 6.07) is 7.59. The van der Waals surface area contributed by atoms with Crippen molar-refractivity contribution in [3.63, 3.8) is 0 Å². The molecule has 2 radical (unpaired) electrons. The van der Waals surface area contributed by atoms with Crippen LogP contribution >= 0.6 is 0 Å². The molecule has 1 heterocycles. The molecule has 1 N–H and O–H groups in total. The number of fused-ring (bicyclic) bond motifs is 1. The van der Waals surface area contributed by atoms with E-state index in [-0.39, 0.29) is 11.5 Å². The van der Waals surface area contributed by atoms with Crippen LogP contribution in [0, 0.1) is 17.8 Å². The van der Waals surface area contributed by atoms with E-state index in [4.69, 9.17) is 22.4 Å². The van der Waals surface area contributed by atoms with Crippen LogP contribution in [-0.2, 0) is 16.0 Å². The van der Waals surface area contributed by atoms with Gasteiger partial charge in [-0.1, -0.05) is 32.1 Å². The molecule has 27 heavy (non-hydrogen) atoms. The number of rotatable bonds is 6. The average molecular weight is 366 g/mol. The van der Waals surface area contributed by atoms with Crippen molar-refractivity contribution in [2.45, 2.75) is 46.1 Å². The van der Waals surface area contributed by atoms with Crippen molar-refractivity contribution in [1.29, 1.82) is 0 Å². The first-order valence-corrected chi connectivity index (χ1v) is 9.50. The number of carboxylic acid groups (broad SMARTS) is 1. The Morgan fingerprint density at radius 3 is 2.67 bits per heavy atom. The molecule has 3 rings (SSSR count). The highest BCUT2D eigenvalue weighted by Crippen LogP contribution is 2.47. The first-order chi connectivity index (χ1) is 12.7. The topological polar surface area (TPSA) is 55.8 Å². The van der Waals surface area contributed by atoms with E-state index in [0.717, 1.165) is 34.5 Å². The number of hydrogen-bond donors (Lipinski definition) is 1. The maximum absolute atomic E-state index is 11.0. The van der Waals surface area contributed by atoms with Crippen LogP contribution in [0.1, 0.15) is 39.7 Å². The van der Waals surface area contributed by atoms with Gasteiger partial charge in [0.25, 0.3) is 0 Å². The zero-order chi connectivity index (χ0) is 19.8. The molecule has 0 amide bonds. The molecule has 3 unspecified atom stereocenters. The Labute approximate surface area is 162 Å². The van der Waals surface area contributed by atoms with Gasteiger partial charge in [-0.15, -0.1) is 5.47 Å². The van der Waals surface area contributed by atoms with Crippen LogP contribution < -0.4 is 4.74 Å². The van der Waals surface area contributed by atoms with Crippen LogP contribution in [0.3, 0.4) is 0 Å². The molecule has 1 fully saturated rings. The zero-order valence-corrected chi connectivity index (χ0v) is 16.5. The van der Waals surface area contributed by atoms with Crippen molar-refractivity contribution in [3.8, 4) is 5.75 Å². The summed E-state index contributed by atoms with van der Waals surface area (Å²) in [4.78, 5) is 11.0. The summed E-state index contributed by atoms with van der Waals surface area (Å²) in [5.74, 6) is 1.15. The molecular weight excluding hydrogens is 339 g/mol. The minimum Gasteiger partial charge on any atom is -0.491 e. The largest absolute Gasteiger partial charge is 0.491 e. The predicted molar refractivity (Wildman–Crippen MR) is 106 cm³/mol. The monoisotopic (exact) mass is 366 g/mol. The lowest BCUT2D eigenvalue weighted by molar-refractivity contribution is -0.141. The molecule has 0 bridgehead atoms. The van der Waals surface area contributed by atoms with Crippen LogP contribution in [0.2, 0.25) is 0 Å². The van der Waals surface area contributed by atoms with Gasteiger partial charge in [0, 0.05) is 11.5 Å². The number of ether oxygens (including phenoxy) is 2. The van der Waals surface area contributed by atoms with E-state index in [1.54, 1.807) is 6.92 Å². The number of allylic oxidation sites excluding steroid dienone is 2. The van der Waals surface area contributed by atoms with Crippen LogP contribution in [0.15, 0.2) is 47.1 Å². The standard InChI is InChI=1S/C22H27BO4/c1-13(21(24)25)9-15-5-7-17(8-6-15)26-12-16-10-19(23)14(2)18-11-22(3,4)27-20(16)18/h5-8,10,13-14,18H,9,11-12H2,1-4H3,(H,24,25). The summed E-state index contributed by atoms with van der Waals surface area (Å²) in [6.07, 6.45) is 3.45. The summed E-state index contributed by atoms with van der Waals surface area (Å²) in [7, 11) is 6.24. The van der Waals surface area contributed by atoms with Crippen molar-refractivity contribution in [1.82, 2.24) is 0 Å². The predicted octanol–water partition coefficient (Wildman–Crippen LogP) is 4.10. The molecule has 142 valence electrons. The average Bonchev–Trinajstić information content (AvgIpc) is 2.94. The molecule has 1 aromatic rings. The van der Waals surface area contributed by atoms with E-state index in [1.807, 2.05) is 30.3 Å². The molecule has 1 saturated heterocycles. The summed E-state index contributed by atoms with van der Waals surface area (Å²) in [6.45, 7) is 8.48. The van der Waals surface area contributed by atoms with Crippen molar-refractivity contribution in [2.75, 3.05) is 6.61 Å². The highest BCUT2D eigenvalue weighted by atomic mass is 16.5. The maximum atomic E-state index is 11.0. The summed E-state index contributed by atoms with van der Waals surface area (Å²) < 4.78 is 12.2. The van der Waals surface area contributed by atoms with Gasteiger partial charge >= 0.3 is 5.97 Å². The van der Waals surface area contributed by atoms with Crippen molar-refractivity contribution >= 4 is 13.8 Å². The molecule has 0 spiro atoms. The van der Waals surface area contributed by atoms with Crippen LogP contribution in [0.5, 0.6) is 5.75 Å². The van der Waals surface area contributed by atoms with E-state index in [2.05, 4.69) is 20.8 Å². The van der Waals surface area contributed by atoms with E-state index >= 15 is 0 Å². The fourth-order valence-corrected chi connectivity index (χ4v) is 3.82. The third-order valence-electron chi connectivity index (χ3n) is 5.50. The van der Waals surface area contributed by atoms with Crippen molar-refractivity contribution in [3.05, 3.63) is 52.7 Å². The lowest BCUT2D eigenvalue weighted by atomic mass is 9.70. The zero-order valence-electron chi connectivity index (χ0n) is 16.5. The highest BCUT2D eigenvalue weighted by molar-refractivity contribution is 6.22. The van der Waals surface area contributed by atoms with Gasteiger partial charge in [-0.2, -0.15) is 0 Å². The molecule has 1 aliphatic heterocycles. The third-order valence-corrected chi connectivity index (χ3v) is 5.50. The van der Waals surface area contributed by atoms with E-state index in [9.17, 15) is 4.79 Å². The second-order valence-corrected chi connectivity index (χ2v) is 8.37. The smallest absolute Gasteiger partial charge is 0.306 e. The van der Waals surface area contributed by atoms with Gasteiger partial charge in [0.15, 0.2) is 0 Å². The molecule has 1 aromatic carbocycles. The molecule has 5 heteroatoms. The maximum Gasteiger partial charge on any atom is 0.306 e. The Hall–Kier alpha value is -2.17. The Morgan fingerprint density at radius 2 is 2.04 bits per heavy atom. The second kappa shape index (κ2) is 7.45. The first kappa shape index (κ1) is 19.6. The van der Waals surface area contributed by atoms with Crippen molar-refractivity contribution < 1.29 is 19.4 Å². The number of hydrogen-bond acceptors (Lipinski definition) is 3. The van der Waals surface area contributed by atoms with E-state index in [0.29, 0.717) is 18.9 Å². The molecule has 4 nitrogen and oxygen atoms in total. The number of carboxylic acids is 1. The van der Waals surface area contributed by atoms with Gasteiger partial charge < -0.3 is 14.6 Å². The SMILES string of the molecule is [B]C1=CC(COc2ccc(CC(C)C(=O)O)cc2)=C2OC(C)(C)CC2C1C. The van der Waals surface area contributed by atoms with Crippen LogP contribution in [-0.4, -0.2) is 31.1 Å². The van der Waals surface area contributed by atoms with Gasteiger partial charge in [-0.05, 0) is 50.3 Å². The van der Waals surface area contributed by atoms with E-state index in [1.165, 1.54) is 0 Å². The molecule has 0 saturated carbocycles. The van der Waals surface area contributed by atoms with Gasteiger partial charge in [-0.25, -0.2) is 0 Å². The van der Waals surface area contributed by atoms with Crippen LogP contribution in [0.4, 0.5) is 0 Å². The normalized spacial score (nSPS) is 24.7. The minimum atomic E-state index is -0.784. The molecule has 1 aliphatic carbocycles. The lowest BCUT2D eigenvalue weighted by Crippen LogP contribution is -2.21. The second-order valence-electron chi connectivity index (χ2n) is 8.37. The van der Waals surface area contributed by atoms with Crippen molar-refractivity contribution in [2.24, 2.45) is 17.8 Å². The van der Waals surface area contributed by atoms with Gasteiger partial charge in [0.2, 0.25) is 0 Å². The third kappa shape index (κ3) is 4.40. The number of benzene rings is 1. The Morgan fingerprint density at radius 1 is 1.37 bits per heavy atom. The molecular formula is C22H27BO4.